The third-order valence-electron chi connectivity index (χ3n) is 4.63. The van der Waals surface area contributed by atoms with Gasteiger partial charge in [0.05, 0.1) is 0 Å². The average Bonchev–Trinajstić information content (AvgIpc) is 2.51. The number of likely N-dealkylation sites (N-methyl/N-ethyl adjacent to an activating group) is 2. The van der Waals surface area contributed by atoms with Crippen LogP contribution in [-0.2, 0) is 6.42 Å². The third kappa shape index (κ3) is 5.40. The highest BCUT2D eigenvalue weighted by molar-refractivity contribution is 5.14. The number of hydrogen-bond acceptors (Lipinski definition) is 4. The van der Waals surface area contributed by atoms with Crippen molar-refractivity contribution in [3.63, 3.8) is 0 Å². The summed E-state index contributed by atoms with van der Waals surface area (Å²) in [5.74, 6) is 5.77. The van der Waals surface area contributed by atoms with Crippen molar-refractivity contribution in [2.75, 3.05) is 33.7 Å². The summed E-state index contributed by atoms with van der Waals surface area (Å²) in [6.45, 7) is 3.47. The van der Waals surface area contributed by atoms with Gasteiger partial charge in [-0.1, -0.05) is 30.3 Å². The van der Waals surface area contributed by atoms with Crippen molar-refractivity contribution < 1.29 is 0 Å². The quantitative estimate of drug-likeness (QED) is 0.590. The molecule has 0 aliphatic carbocycles. The number of nitrogens with two attached hydrogens (primary N) is 1. The number of piperazine rings is 1. The Labute approximate surface area is 129 Å². The van der Waals surface area contributed by atoms with Crippen LogP contribution in [0.2, 0.25) is 0 Å². The van der Waals surface area contributed by atoms with Crippen LogP contribution in [0, 0.1) is 0 Å². The lowest BCUT2D eigenvalue weighted by atomic mass is 9.98. The molecule has 4 nitrogen and oxygen atoms in total. The van der Waals surface area contributed by atoms with Gasteiger partial charge in [-0.2, -0.15) is 0 Å². The standard InChI is InChI=1S/C17H30N4/c1-20-11-12-21(2)17(14-20)13-16(19-18)10-6-9-15-7-4-3-5-8-15/h3-5,7-8,16-17,19H,6,9-14,18H2,1-2H3. The van der Waals surface area contributed by atoms with Crippen LogP contribution in [0.15, 0.2) is 30.3 Å². The summed E-state index contributed by atoms with van der Waals surface area (Å²) in [7, 11) is 4.44. The van der Waals surface area contributed by atoms with Crippen molar-refractivity contribution in [3.8, 4) is 0 Å². The SMILES string of the molecule is CN1CCN(C)C(CC(CCCc2ccccc2)NN)C1. The highest BCUT2D eigenvalue weighted by atomic mass is 15.3. The fourth-order valence-corrected chi connectivity index (χ4v) is 3.15. The molecule has 2 atom stereocenters. The summed E-state index contributed by atoms with van der Waals surface area (Å²) in [6, 6.07) is 11.7. The predicted molar refractivity (Wildman–Crippen MR) is 89.0 cm³/mol. The monoisotopic (exact) mass is 290 g/mol. The lowest BCUT2D eigenvalue weighted by Crippen LogP contribution is -2.52. The van der Waals surface area contributed by atoms with Gasteiger partial charge in [0.2, 0.25) is 0 Å². The average molecular weight is 290 g/mol. The molecule has 2 rings (SSSR count). The molecule has 1 aliphatic rings. The van der Waals surface area contributed by atoms with Gasteiger partial charge in [-0.15, -0.1) is 0 Å². The van der Waals surface area contributed by atoms with Gasteiger partial charge in [-0.25, -0.2) is 0 Å². The van der Waals surface area contributed by atoms with Gasteiger partial charge in [-0.05, 0) is 45.3 Å². The van der Waals surface area contributed by atoms with Gasteiger partial charge in [0.1, 0.15) is 0 Å². The van der Waals surface area contributed by atoms with E-state index >= 15 is 0 Å². The van der Waals surface area contributed by atoms with Crippen molar-refractivity contribution in [3.05, 3.63) is 35.9 Å². The third-order valence-corrected chi connectivity index (χ3v) is 4.63. The first-order valence-corrected chi connectivity index (χ1v) is 8.08. The zero-order chi connectivity index (χ0) is 15.1. The van der Waals surface area contributed by atoms with E-state index in [9.17, 15) is 0 Å². The maximum atomic E-state index is 5.77. The molecule has 0 radical (unpaired) electrons. The smallest absolute Gasteiger partial charge is 0.0235 e. The molecule has 1 aromatic rings. The molecule has 0 amide bonds. The molecule has 2 unspecified atom stereocenters. The molecular formula is C17H30N4. The second kappa shape index (κ2) is 8.49. The van der Waals surface area contributed by atoms with E-state index in [0.29, 0.717) is 12.1 Å². The van der Waals surface area contributed by atoms with Crippen molar-refractivity contribution in [1.29, 1.82) is 0 Å². The van der Waals surface area contributed by atoms with Crippen LogP contribution in [0.3, 0.4) is 0 Å². The van der Waals surface area contributed by atoms with E-state index in [2.05, 4.69) is 59.7 Å². The van der Waals surface area contributed by atoms with Crippen molar-refractivity contribution in [2.45, 2.75) is 37.8 Å². The molecule has 118 valence electrons. The van der Waals surface area contributed by atoms with Crippen LogP contribution in [0.25, 0.3) is 0 Å². The van der Waals surface area contributed by atoms with Gasteiger partial charge in [0.25, 0.3) is 0 Å². The summed E-state index contributed by atoms with van der Waals surface area (Å²) >= 11 is 0. The van der Waals surface area contributed by atoms with Crippen LogP contribution in [-0.4, -0.2) is 55.6 Å². The lowest BCUT2D eigenvalue weighted by molar-refractivity contribution is 0.0999. The Bertz CT molecular complexity index is 395. The lowest BCUT2D eigenvalue weighted by Gasteiger charge is -2.39. The van der Waals surface area contributed by atoms with E-state index in [0.717, 1.165) is 32.4 Å². The molecule has 1 aromatic carbocycles. The van der Waals surface area contributed by atoms with Gasteiger partial charge < -0.3 is 9.80 Å². The van der Waals surface area contributed by atoms with Crippen molar-refractivity contribution in [1.82, 2.24) is 15.2 Å². The number of nitrogens with one attached hydrogen (secondary N) is 1. The van der Waals surface area contributed by atoms with E-state index < -0.39 is 0 Å². The first-order valence-electron chi connectivity index (χ1n) is 8.08. The van der Waals surface area contributed by atoms with Crippen LogP contribution in [0.4, 0.5) is 0 Å². The van der Waals surface area contributed by atoms with Crippen LogP contribution in [0.1, 0.15) is 24.8 Å². The molecule has 0 aromatic heterocycles. The molecule has 4 heteroatoms. The number of aryl methyl sites for hydroxylation is 1. The van der Waals surface area contributed by atoms with E-state index in [1.165, 1.54) is 18.5 Å². The minimum absolute atomic E-state index is 0.410. The Hall–Kier alpha value is -0.940. The highest BCUT2D eigenvalue weighted by Crippen LogP contribution is 2.15. The molecule has 1 aliphatic heterocycles. The molecule has 0 saturated carbocycles. The molecule has 1 heterocycles. The molecule has 21 heavy (non-hydrogen) atoms. The van der Waals surface area contributed by atoms with Gasteiger partial charge in [0, 0.05) is 31.7 Å². The van der Waals surface area contributed by atoms with Crippen molar-refractivity contribution >= 4 is 0 Å². The molecular weight excluding hydrogens is 260 g/mol. The largest absolute Gasteiger partial charge is 0.304 e. The minimum Gasteiger partial charge on any atom is -0.304 e. The second-order valence-electron chi connectivity index (χ2n) is 6.37. The van der Waals surface area contributed by atoms with Gasteiger partial charge in [0.15, 0.2) is 0 Å². The normalized spacial score (nSPS) is 22.3. The summed E-state index contributed by atoms with van der Waals surface area (Å²) in [5, 5.41) is 0. The van der Waals surface area contributed by atoms with E-state index in [1.807, 2.05) is 0 Å². The molecule has 1 fully saturated rings. The minimum atomic E-state index is 0.410. The van der Waals surface area contributed by atoms with E-state index in [4.69, 9.17) is 5.84 Å². The number of hydrogen-bond donors (Lipinski definition) is 2. The van der Waals surface area contributed by atoms with E-state index in [-0.39, 0.29) is 0 Å². The number of rotatable bonds is 7. The van der Waals surface area contributed by atoms with E-state index in [1.54, 1.807) is 0 Å². The molecule has 1 saturated heterocycles. The Morgan fingerprint density at radius 2 is 2.00 bits per heavy atom. The summed E-state index contributed by atoms with van der Waals surface area (Å²) in [6.07, 6.45) is 4.59. The Morgan fingerprint density at radius 3 is 2.71 bits per heavy atom. The Kier molecular flexibility index (Phi) is 6.64. The first-order chi connectivity index (χ1) is 10.2. The van der Waals surface area contributed by atoms with Crippen LogP contribution < -0.4 is 11.3 Å². The number of nitrogens with zero attached hydrogens (tertiary/aromatic N) is 2. The number of benzene rings is 1. The first kappa shape index (κ1) is 16.4. The molecule has 0 bridgehead atoms. The summed E-state index contributed by atoms with van der Waals surface area (Å²) in [5.41, 5.74) is 4.45. The predicted octanol–water partition coefficient (Wildman–Crippen LogP) is 1.48. The summed E-state index contributed by atoms with van der Waals surface area (Å²) < 4.78 is 0. The fraction of sp³-hybridized carbons (Fsp3) is 0.647. The second-order valence-corrected chi connectivity index (χ2v) is 6.37. The number of hydrazine groups is 1. The summed E-state index contributed by atoms with van der Waals surface area (Å²) in [4.78, 5) is 4.89. The maximum Gasteiger partial charge on any atom is 0.0235 e. The van der Waals surface area contributed by atoms with Gasteiger partial charge >= 0.3 is 0 Å². The Balaban J connectivity index is 1.74. The molecule has 0 spiro atoms. The van der Waals surface area contributed by atoms with Crippen LogP contribution >= 0.6 is 0 Å². The fourth-order valence-electron chi connectivity index (χ4n) is 3.15. The highest BCUT2D eigenvalue weighted by Gasteiger charge is 2.24. The van der Waals surface area contributed by atoms with Gasteiger partial charge in [-0.3, -0.25) is 11.3 Å². The Morgan fingerprint density at radius 1 is 1.24 bits per heavy atom. The van der Waals surface area contributed by atoms with Crippen LogP contribution in [0.5, 0.6) is 0 Å². The maximum absolute atomic E-state index is 5.77. The topological polar surface area (TPSA) is 44.5 Å². The molecule has 3 N–H and O–H groups in total. The zero-order valence-electron chi connectivity index (χ0n) is 13.5. The zero-order valence-corrected chi connectivity index (χ0v) is 13.5. The van der Waals surface area contributed by atoms with Crippen molar-refractivity contribution in [2.24, 2.45) is 5.84 Å².